The van der Waals surface area contributed by atoms with Crippen LogP contribution in [0.1, 0.15) is 12.0 Å². The van der Waals surface area contributed by atoms with E-state index in [0.717, 1.165) is 17.7 Å². The third-order valence-corrected chi connectivity index (χ3v) is 3.56. The van der Waals surface area contributed by atoms with Crippen molar-refractivity contribution < 1.29 is 14.7 Å². The molecule has 1 aliphatic carbocycles. The maximum absolute atomic E-state index is 12.2. The van der Waals surface area contributed by atoms with Gasteiger partial charge in [0.1, 0.15) is 0 Å². The zero-order chi connectivity index (χ0) is 15.5. The van der Waals surface area contributed by atoms with E-state index < -0.39 is 17.3 Å². The molecule has 0 bridgehead atoms. The zero-order valence-corrected chi connectivity index (χ0v) is 11.7. The van der Waals surface area contributed by atoms with Crippen molar-refractivity contribution in [2.45, 2.75) is 12.0 Å². The van der Waals surface area contributed by atoms with E-state index in [9.17, 15) is 14.7 Å². The van der Waals surface area contributed by atoms with E-state index in [4.69, 9.17) is 16.9 Å². The number of nitriles is 1. The molecule has 0 aliphatic heterocycles. The van der Waals surface area contributed by atoms with Crippen LogP contribution in [0.2, 0.25) is 5.02 Å². The predicted octanol–water partition coefficient (Wildman–Crippen LogP) is 2.32. The molecule has 0 spiro atoms. The molecule has 2 unspecified atom stereocenters. The minimum Gasteiger partial charge on any atom is -0.376 e. The van der Waals surface area contributed by atoms with Crippen LogP contribution >= 0.6 is 11.6 Å². The molecule has 21 heavy (non-hydrogen) atoms. The van der Waals surface area contributed by atoms with Crippen LogP contribution in [0.3, 0.4) is 0 Å². The van der Waals surface area contributed by atoms with Gasteiger partial charge in [-0.1, -0.05) is 29.8 Å². The molecule has 0 amide bonds. The molecular formula is C16H12ClNO3. The molecule has 1 aromatic rings. The van der Waals surface area contributed by atoms with Crippen molar-refractivity contribution in [1.82, 2.24) is 0 Å². The monoisotopic (exact) mass is 301 g/mol. The van der Waals surface area contributed by atoms with Crippen molar-refractivity contribution in [3.8, 4) is 6.07 Å². The maximum atomic E-state index is 12.2. The highest BCUT2D eigenvalue weighted by Crippen LogP contribution is 2.28. The van der Waals surface area contributed by atoms with E-state index in [0.29, 0.717) is 5.02 Å². The second-order valence-corrected chi connectivity index (χ2v) is 5.20. The van der Waals surface area contributed by atoms with Gasteiger partial charge in [0.05, 0.1) is 12.0 Å². The summed E-state index contributed by atoms with van der Waals surface area (Å²) in [5.74, 6) is -1.98. The average molecular weight is 302 g/mol. The topological polar surface area (TPSA) is 78.2 Å². The van der Waals surface area contributed by atoms with E-state index in [2.05, 4.69) is 0 Å². The number of hydrogen-bond donors (Lipinski definition) is 1. The predicted molar refractivity (Wildman–Crippen MR) is 78.3 cm³/mol. The van der Waals surface area contributed by atoms with Crippen LogP contribution in [0.5, 0.6) is 0 Å². The molecule has 5 heteroatoms. The average Bonchev–Trinajstić information content (AvgIpc) is 2.48. The highest BCUT2D eigenvalue weighted by molar-refractivity contribution is 6.30. The highest BCUT2D eigenvalue weighted by atomic mass is 35.5. The summed E-state index contributed by atoms with van der Waals surface area (Å²) >= 11 is 5.76. The Bertz CT molecular complexity index is 670. The lowest BCUT2D eigenvalue weighted by molar-refractivity contribution is -0.132. The minimum atomic E-state index is -1.95. The Morgan fingerprint density at radius 1 is 1.43 bits per heavy atom. The standard InChI is InChI=1S/C16H12ClNO3/c17-13-4-1-11(2-5-13)3-6-15(20)16(21)8-7-14(19)9-12(16)10-18/h1-8,12,21H,9H2. The van der Waals surface area contributed by atoms with Crippen molar-refractivity contribution in [2.24, 2.45) is 5.92 Å². The molecule has 106 valence electrons. The number of hydrogen-bond acceptors (Lipinski definition) is 4. The molecule has 0 aromatic heterocycles. The number of carbonyl (C=O) groups excluding carboxylic acids is 2. The molecule has 4 nitrogen and oxygen atoms in total. The van der Waals surface area contributed by atoms with Gasteiger partial charge in [0, 0.05) is 11.4 Å². The van der Waals surface area contributed by atoms with Gasteiger partial charge >= 0.3 is 0 Å². The lowest BCUT2D eigenvalue weighted by Crippen LogP contribution is -2.45. The fourth-order valence-corrected chi connectivity index (χ4v) is 2.16. The van der Waals surface area contributed by atoms with Crippen molar-refractivity contribution in [3.05, 3.63) is 53.1 Å². The van der Waals surface area contributed by atoms with Crippen LogP contribution in [0.25, 0.3) is 6.08 Å². The van der Waals surface area contributed by atoms with E-state index in [1.165, 1.54) is 12.2 Å². The Morgan fingerprint density at radius 3 is 2.71 bits per heavy atom. The molecule has 2 rings (SSSR count). The fourth-order valence-electron chi connectivity index (χ4n) is 2.04. The SMILES string of the molecule is N#CC1CC(=O)C=CC1(O)C(=O)C=Cc1ccc(Cl)cc1. The summed E-state index contributed by atoms with van der Waals surface area (Å²) in [6.07, 6.45) is 4.80. The summed E-state index contributed by atoms with van der Waals surface area (Å²) in [5, 5.41) is 20.0. The normalized spacial score (nSPS) is 25.0. The lowest BCUT2D eigenvalue weighted by atomic mass is 9.77. The van der Waals surface area contributed by atoms with Gasteiger partial charge in [-0.15, -0.1) is 0 Å². The fraction of sp³-hybridized carbons (Fsp3) is 0.188. The summed E-state index contributed by atoms with van der Waals surface area (Å²) in [7, 11) is 0. The van der Waals surface area contributed by atoms with E-state index in [1.54, 1.807) is 24.3 Å². The Labute approximate surface area is 127 Å². The van der Waals surface area contributed by atoms with Gasteiger partial charge in [0.25, 0.3) is 0 Å². The van der Waals surface area contributed by atoms with Crippen molar-refractivity contribution in [1.29, 1.82) is 5.26 Å². The van der Waals surface area contributed by atoms with E-state index >= 15 is 0 Å². The van der Waals surface area contributed by atoms with Crippen LogP contribution < -0.4 is 0 Å². The summed E-state index contributed by atoms with van der Waals surface area (Å²) in [6, 6.07) is 8.61. The molecule has 1 N–H and O–H groups in total. The number of aliphatic hydroxyl groups is 1. The van der Waals surface area contributed by atoms with Gasteiger partial charge in [-0.05, 0) is 35.9 Å². The summed E-state index contributed by atoms with van der Waals surface area (Å²) in [4.78, 5) is 23.4. The van der Waals surface area contributed by atoms with Crippen molar-refractivity contribution in [2.75, 3.05) is 0 Å². The number of nitrogens with zero attached hydrogens (tertiary/aromatic N) is 1. The summed E-state index contributed by atoms with van der Waals surface area (Å²) < 4.78 is 0. The number of benzene rings is 1. The van der Waals surface area contributed by atoms with Crippen molar-refractivity contribution in [3.63, 3.8) is 0 Å². The third-order valence-electron chi connectivity index (χ3n) is 3.31. The lowest BCUT2D eigenvalue weighted by Gasteiger charge is -2.28. The molecular weight excluding hydrogens is 290 g/mol. The number of ketones is 2. The van der Waals surface area contributed by atoms with Crippen LogP contribution in [-0.4, -0.2) is 22.3 Å². The molecule has 0 saturated heterocycles. The number of allylic oxidation sites excluding steroid dienone is 1. The van der Waals surface area contributed by atoms with Crippen molar-refractivity contribution >= 4 is 29.2 Å². The first-order chi connectivity index (χ1) is 9.95. The van der Waals surface area contributed by atoms with Gasteiger partial charge in [-0.25, -0.2) is 0 Å². The number of carbonyl (C=O) groups is 2. The third kappa shape index (κ3) is 3.27. The Kier molecular flexibility index (Phi) is 4.37. The van der Waals surface area contributed by atoms with Crippen LogP contribution in [-0.2, 0) is 9.59 Å². The van der Waals surface area contributed by atoms with E-state index in [-0.39, 0.29) is 12.2 Å². The quantitative estimate of drug-likeness (QED) is 0.869. The van der Waals surface area contributed by atoms with Gasteiger partial charge in [-0.2, -0.15) is 5.26 Å². The smallest absolute Gasteiger partial charge is 0.192 e. The van der Waals surface area contributed by atoms with Gasteiger partial charge in [0.2, 0.25) is 0 Å². The largest absolute Gasteiger partial charge is 0.376 e. The Balaban J connectivity index is 2.22. The molecule has 1 aromatic carbocycles. The second-order valence-electron chi connectivity index (χ2n) is 4.76. The second kappa shape index (κ2) is 6.04. The van der Waals surface area contributed by atoms with Crippen LogP contribution in [0.15, 0.2) is 42.5 Å². The molecule has 2 atom stereocenters. The van der Waals surface area contributed by atoms with Crippen LogP contribution in [0, 0.1) is 17.2 Å². The molecule has 0 heterocycles. The summed E-state index contributed by atoms with van der Waals surface area (Å²) in [5.41, 5.74) is -1.22. The Hall–Kier alpha value is -2.22. The number of rotatable bonds is 3. The van der Waals surface area contributed by atoms with Gasteiger partial charge in [0.15, 0.2) is 17.2 Å². The Morgan fingerprint density at radius 2 is 2.10 bits per heavy atom. The van der Waals surface area contributed by atoms with Gasteiger partial charge in [-0.3, -0.25) is 9.59 Å². The first-order valence-corrected chi connectivity index (χ1v) is 6.65. The van der Waals surface area contributed by atoms with Gasteiger partial charge < -0.3 is 5.11 Å². The molecule has 0 fully saturated rings. The molecule has 1 aliphatic rings. The maximum Gasteiger partial charge on any atom is 0.192 e. The minimum absolute atomic E-state index is 0.163. The first-order valence-electron chi connectivity index (χ1n) is 6.28. The first kappa shape index (κ1) is 15.2. The van der Waals surface area contributed by atoms with Crippen LogP contribution in [0.4, 0.5) is 0 Å². The zero-order valence-electron chi connectivity index (χ0n) is 11.0. The van der Waals surface area contributed by atoms with E-state index in [1.807, 2.05) is 6.07 Å². The summed E-state index contributed by atoms with van der Waals surface area (Å²) in [6.45, 7) is 0. The molecule has 0 radical (unpaired) electrons. The highest BCUT2D eigenvalue weighted by Gasteiger charge is 2.43. The molecule has 0 saturated carbocycles. The number of halogens is 1.